The van der Waals surface area contributed by atoms with Crippen molar-refractivity contribution in [2.24, 2.45) is 0 Å². The minimum atomic E-state index is -0.511. The third-order valence-corrected chi connectivity index (χ3v) is 2.99. The van der Waals surface area contributed by atoms with Gasteiger partial charge in [-0.15, -0.1) is 0 Å². The molecule has 0 radical (unpaired) electrons. The van der Waals surface area contributed by atoms with Gasteiger partial charge in [-0.3, -0.25) is 4.57 Å². The van der Waals surface area contributed by atoms with Crippen LogP contribution in [0.1, 0.15) is 37.6 Å². The second-order valence-corrected chi connectivity index (χ2v) is 5.99. The first-order valence-corrected chi connectivity index (χ1v) is 7.20. The standard InChI is InChI=1S/C19H21NO2/c1-5-15-8-10-16(11-9-15)12-13-17-7-6-14-20(17)18(21)22-19(2,3)4/h5-14H,1H2,2-4H3/b13-12+. The van der Waals surface area contributed by atoms with E-state index < -0.39 is 5.60 Å². The van der Waals surface area contributed by atoms with Gasteiger partial charge in [-0.05, 0) is 50.1 Å². The lowest BCUT2D eigenvalue weighted by atomic mass is 10.1. The minimum Gasteiger partial charge on any atom is -0.443 e. The van der Waals surface area contributed by atoms with Gasteiger partial charge >= 0.3 is 6.09 Å². The number of aromatic nitrogens is 1. The normalized spacial score (nSPS) is 11.6. The molecule has 22 heavy (non-hydrogen) atoms. The molecular formula is C19H21NO2. The topological polar surface area (TPSA) is 31.2 Å². The Labute approximate surface area is 131 Å². The first-order valence-electron chi connectivity index (χ1n) is 7.20. The summed E-state index contributed by atoms with van der Waals surface area (Å²) < 4.78 is 6.88. The van der Waals surface area contributed by atoms with Gasteiger partial charge < -0.3 is 4.74 Å². The Bertz CT molecular complexity index is 685. The Balaban J connectivity index is 2.16. The molecule has 1 aromatic carbocycles. The summed E-state index contributed by atoms with van der Waals surface area (Å²) in [4.78, 5) is 12.1. The second kappa shape index (κ2) is 6.48. The summed E-state index contributed by atoms with van der Waals surface area (Å²) in [6.07, 6.45) is 6.99. The summed E-state index contributed by atoms with van der Waals surface area (Å²) in [5, 5.41) is 0. The number of nitrogens with zero attached hydrogens (tertiary/aromatic N) is 1. The molecule has 0 atom stereocenters. The molecule has 2 rings (SSSR count). The van der Waals surface area contributed by atoms with Crippen LogP contribution in [0.2, 0.25) is 0 Å². The fraction of sp³-hybridized carbons (Fsp3) is 0.211. The molecule has 0 bridgehead atoms. The van der Waals surface area contributed by atoms with Crippen LogP contribution in [0.25, 0.3) is 18.2 Å². The summed E-state index contributed by atoms with van der Waals surface area (Å²) in [7, 11) is 0. The van der Waals surface area contributed by atoms with E-state index in [4.69, 9.17) is 4.74 Å². The molecule has 114 valence electrons. The monoisotopic (exact) mass is 295 g/mol. The van der Waals surface area contributed by atoms with Gasteiger partial charge in [0.05, 0.1) is 5.69 Å². The maximum atomic E-state index is 12.1. The number of benzene rings is 1. The van der Waals surface area contributed by atoms with Crippen LogP contribution in [0, 0.1) is 0 Å². The zero-order valence-electron chi connectivity index (χ0n) is 13.2. The Morgan fingerprint density at radius 1 is 1.09 bits per heavy atom. The van der Waals surface area contributed by atoms with Crippen molar-refractivity contribution in [3.8, 4) is 0 Å². The van der Waals surface area contributed by atoms with E-state index in [0.29, 0.717) is 0 Å². The van der Waals surface area contributed by atoms with E-state index in [1.807, 2.05) is 69.3 Å². The van der Waals surface area contributed by atoms with E-state index in [0.717, 1.165) is 16.8 Å². The highest BCUT2D eigenvalue weighted by Crippen LogP contribution is 2.14. The van der Waals surface area contributed by atoms with Gasteiger partial charge in [-0.25, -0.2) is 4.79 Å². The smallest absolute Gasteiger partial charge is 0.418 e. The Morgan fingerprint density at radius 3 is 2.32 bits per heavy atom. The molecule has 0 saturated heterocycles. The second-order valence-electron chi connectivity index (χ2n) is 5.99. The first-order chi connectivity index (χ1) is 10.4. The summed E-state index contributed by atoms with van der Waals surface area (Å²) >= 11 is 0. The van der Waals surface area contributed by atoms with Crippen molar-refractivity contribution in [2.75, 3.05) is 0 Å². The predicted octanol–water partition coefficient (Wildman–Crippen LogP) is 5.08. The van der Waals surface area contributed by atoms with Crippen molar-refractivity contribution in [1.82, 2.24) is 4.57 Å². The average molecular weight is 295 g/mol. The van der Waals surface area contributed by atoms with Crippen molar-refractivity contribution < 1.29 is 9.53 Å². The highest BCUT2D eigenvalue weighted by Gasteiger charge is 2.18. The number of hydrogen-bond acceptors (Lipinski definition) is 2. The summed E-state index contributed by atoms with van der Waals surface area (Å²) in [5.74, 6) is 0. The molecular weight excluding hydrogens is 274 g/mol. The molecule has 0 spiro atoms. The number of hydrogen-bond donors (Lipinski definition) is 0. The molecule has 0 aliphatic rings. The van der Waals surface area contributed by atoms with Crippen molar-refractivity contribution in [1.29, 1.82) is 0 Å². The van der Waals surface area contributed by atoms with Crippen LogP contribution in [0.15, 0.2) is 49.2 Å². The fourth-order valence-electron chi connectivity index (χ4n) is 1.93. The van der Waals surface area contributed by atoms with Crippen LogP contribution >= 0.6 is 0 Å². The van der Waals surface area contributed by atoms with Crippen molar-refractivity contribution in [3.63, 3.8) is 0 Å². The van der Waals surface area contributed by atoms with E-state index in [1.54, 1.807) is 12.3 Å². The molecule has 0 aliphatic heterocycles. The SMILES string of the molecule is C=Cc1ccc(/C=C/c2cccn2C(=O)OC(C)(C)C)cc1. The summed E-state index contributed by atoms with van der Waals surface area (Å²) in [5.41, 5.74) is 2.40. The van der Waals surface area contributed by atoms with Gasteiger partial charge in [0.2, 0.25) is 0 Å². The van der Waals surface area contributed by atoms with Crippen LogP contribution in [0.5, 0.6) is 0 Å². The minimum absolute atomic E-state index is 0.376. The summed E-state index contributed by atoms with van der Waals surface area (Å²) in [6, 6.07) is 11.7. The Morgan fingerprint density at radius 2 is 1.73 bits per heavy atom. The molecule has 2 aromatic rings. The van der Waals surface area contributed by atoms with Crippen LogP contribution in [0.4, 0.5) is 4.79 Å². The zero-order chi connectivity index (χ0) is 16.2. The largest absolute Gasteiger partial charge is 0.443 e. The highest BCUT2D eigenvalue weighted by atomic mass is 16.6. The third-order valence-electron chi connectivity index (χ3n) is 2.99. The zero-order valence-corrected chi connectivity index (χ0v) is 13.2. The number of ether oxygens (including phenoxy) is 1. The fourth-order valence-corrected chi connectivity index (χ4v) is 1.93. The molecule has 0 N–H and O–H groups in total. The van der Waals surface area contributed by atoms with Crippen LogP contribution < -0.4 is 0 Å². The maximum Gasteiger partial charge on any atom is 0.418 e. The molecule has 0 aliphatic carbocycles. The van der Waals surface area contributed by atoms with Crippen molar-refractivity contribution in [2.45, 2.75) is 26.4 Å². The Kier molecular flexibility index (Phi) is 4.66. The molecule has 1 aromatic heterocycles. The molecule has 0 saturated carbocycles. The van der Waals surface area contributed by atoms with Gasteiger partial charge in [-0.2, -0.15) is 0 Å². The number of carbonyl (C=O) groups is 1. The molecule has 0 fully saturated rings. The van der Waals surface area contributed by atoms with E-state index in [-0.39, 0.29) is 6.09 Å². The van der Waals surface area contributed by atoms with E-state index in [2.05, 4.69) is 6.58 Å². The molecule has 0 amide bonds. The van der Waals surface area contributed by atoms with E-state index >= 15 is 0 Å². The van der Waals surface area contributed by atoms with E-state index in [9.17, 15) is 4.79 Å². The quantitative estimate of drug-likeness (QED) is 0.790. The maximum absolute atomic E-state index is 12.1. The van der Waals surface area contributed by atoms with Crippen molar-refractivity contribution >= 4 is 24.3 Å². The number of carbonyl (C=O) groups excluding carboxylic acids is 1. The molecule has 3 nitrogen and oxygen atoms in total. The van der Waals surface area contributed by atoms with Gasteiger partial charge in [-0.1, -0.05) is 43.0 Å². The van der Waals surface area contributed by atoms with Crippen LogP contribution in [-0.2, 0) is 4.74 Å². The highest BCUT2D eigenvalue weighted by molar-refractivity contribution is 5.78. The molecule has 3 heteroatoms. The lowest BCUT2D eigenvalue weighted by Gasteiger charge is -2.20. The van der Waals surface area contributed by atoms with Crippen molar-refractivity contribution in [3.05, 3.63) is 66.0 Å². The van der Waals surface area contributed by atoms with Gasteiger partial charge in [0.15, 0.2) is 0 Å². The van der Waals surface area contributed by atoms with Gasteiger partial charge in [0.25, 0.3) is 0 Å². The lowest BCUT2D eigenvalue weighted by molar-refractivity contribution is 0.0536. The summed E-state index contributed by atoms with van der Waals surface area (Å²) in [6.45, 7) is 9.29. The molecule has 1 heterocycles. The average Bonchev–Trinajstić information content (AvgIpc) is 2.92. The van der Waals surface area contributed by atoms with Crippen LogP contribution in [0.3, 0.4) is 0 Å². The van der Waals surface area contributed by atoms with Crippen LogP contribution in [-0.4, -0.2) is 16.3 Å². The third kappa shape index (κ3) is 4.22. The van der Waals surface area contributed by atoms with E-state index in [1.165, 1.54) is 4.57 Å². The number of rotatable bonds is 3. The van der Waals surface area contributed by atoms with Gasteiger partial charge in [0.1, 0.15) is 5.60 Å². The molecule has 0 unspecified atom stereocenters. The first kappa shape index (κ1) is 15.8. The lowest BCUT2D eigenvalue weighted by Crippen LogP contribution is -2.27. The van der Waals surface area contributed by atoms with Gasteiger partial charge in [0, 0.05) is 6.20 Å². The predicted molar refractivity (Wildman–Crippen MR) is 91.5 cm³/mol. The Hall–Kier alpha value is -2.55.